The predicted octanol–water partition coefficient (Wildman–Crippen LogP) is 1.47. The number of aromatic nitrogens is 5. The Hall–Kier alpha value is -3.49. The number of rotatable bonds is 6. The van der Waals surface area contributed by atoms with Gasteiger partial charge in [0.1, 0.15) is 5.82 Å². The summed E-state index contributed by atoms with van der Waals surface area (Å²) in [4.78, 5) is 21.6. The van der Waals surface area contributed by atoms with Crippen molar-refractivity contribution in [3.05, 3.63) is 48.4 Å². The summed E-state index contributed by atoms with van der Waals surface area (Å²) in [5.74, 6) is 0.276. The second-order valence-electron chi connectivity index (χ2n) is 5.73. The Kier molecular flexibility index (Phi) is 3.73. The molecule has 1 amide bonds. The van der Waals surface area contributed by atoms with Crippen molar-refractivity contribution < 1.29 is 4.79 Å². The average Bonchev–Trinajstić information content (AvgIpc) is 3.24. The van der Waals surface area contributed by atoms with Crippen molar-refractivity contribution >= 4 is 23.4 Å². The third-order valence-electron chi connectivity index (χ3n) is 3.72. The fourth-order valence-corrected chi connectivity index (χ4v) is 2.34. The first-order chi connectivity index (χ1) is 12.2. The molecule has 0 unspecified atom stereocenters. The molecule has 0 atom stereocenters. The van der Waals surface area contributed by atoms with Crippen LogP contribution in [0.25, 0.3) is 5.69 Å². The lowest BCUT2D eigenvalue weighted by atomic mass is 10.3. The van der Waals surface area contributed by atoms with Crippen LogP contribution in [0.1, 0.15) is 23.2 Å². The average molecular weight is 336 g/mol. The third kappa shape index (κ3) is 3.39. The van der Waals surface area contributed by atoms with E-state index in [4.69, 9.17) is 5.73 Å². The molecule has 1 saturated carbocycles. The molecule has 0 bridgehead atoms. The van der Waals surface area contributed by atoms with Crippen LogP contribution in [0.15, 0.2) is 42.9 Å². The number of nitrogens with one attached hydrogen (secondary N) is 2. The van der Waals surface area contributed by atoms with Crippen LogP contribution in [-0.4, -0.2) is 36.9 Å². The maximum atomic E-state index is 11.5. The summed E-state index contributed by atoms with van der Waals surface area (Å²) in [5.41, 5.74) is 7.26. The SMILES string of the molecule is NC(=O)c1cnc(Nc2cccc(-n3nccn3)c2)nc1NC1CC1. The van der Waals surface area contributed by atoms with Gasteiger partial charge in [0.05, 0.1) is 23.6 Å². The minimum atomic E-state index is -0.554. The van der Waals surface area contributed by atoms with Gasteiger partial charge in [0.25, 0.3) is 5.91 Å². The highest BCUT2D eigenvalue weighted by atomic mass is 16.1. The molecule has 1 fully saturated rings. The van der Waals surface area contributed by atoms with E-state index in [-0.39, 0.29) is 5.56 Å². The van der Waals surface area contributed by atoms with Crippen LogP contribution in [0.3, 0.4) is 0 Å². The minimum Gasteiger partial charge on any atom is -0.367 e. The summed E-state index contributed by atoms with van der Waals surface area (Å²) in [7, 11) is 0. The van der Waals surface area contributed by atoms with Crippen molar-refractivity contribution in [1.29, 1.82) is 0 Å². The fraction of sp³-hybridized carbons (Fsp3) is 0.188. The molecule has 2 aromatic heterocycles. The fourth-order valence-electron chi connectivity index (χ4n) is 2.34. The van der Waals surface area contributed by atoms with Crippen LogP contribution >= 0.6 is 0 Å². The monoisotopic (exact) mass is 336 g/mol. The molecular weight excluding hydrogens is 320 g/mol. The highest BCUT2D eigenvalue weighted by Crippen LogP contribution is 2.26. The number of carbonyl (C=O) groups is 1. The third-order valence-corrected chi connectivity index (χ3v) is 3.72. The topological polar surface area (TPSA) is 124 Å². The number of amides is 1. The van der Waals surface area contributed by atoms with Crippen molar-refractivity contribution in [3.8, 4) is 5.69 Å². The normalized spacial score (nSPS) is 13.4. The molecule has 9 heteroatoms. The second-order valence-corrected chi connectivity index (χ2v) is 5.73. The Morgan fingerprint density at radius 1 is 1.24 bits per heavy atom. The predicted molar refractivity (Wildman–Crippen MR) is 91.8 cm³/mol. The van der Waals surface area contributed by atoms with Crippen molar-refractivity contribution in [1.82, 2.24) is 25.0 Å². The number of hydrogen-bond acceptors (Lipinski definition) is 7. The van der Waals surface area contributed by atoms with Crippen LogP contribution in [0.5, 0.6) is 0 Å². The maximum absolute atomic E-state index is 11.5. The highest BCUT2D eigenvalue weighted by Gasteiger charge is 2.24. The second kappa shape index (κ2) is 6.19. The van der Waals surface area contributed by atoms with Crippen LogP contribution in [0.4, 0.5) is 17.5 Å². The molecule has 0 spiro atoms. The molecule has 0 saturated heterocycles. The molecule has 1 aliphatic rings. The number of anilines is 3. The highest BCUT2D eigenvalue weighted by molar-refractivity contribution is 5.97. The number of primary amides is 1. The van der Waals surface area contributed by atoms with Gasteiger partial charge in [-0.05, 0) is 31.0 Å². The maximum Gasteiger partial charge on any atom is 0.254 e. The number of benzene rings is 1. The molecular formula is C16H16N8O. The van der Waals surface area contributed by atoms with Gasteiger partial charge in [-0.15, -0.1) is 0 Å². The van der Waals surface area contributed by atoms with E-state index in [0.29, 0.717) is 17.8 Å². The van der Waals surface area contributed by atoms with E-state index in [9.17, 15) is 4.79 Å². The Morgan fingerprint density at radius 3 is 2.76 bits per heavy atom. The number of hydrogen-bond donors (Lipinski definition) is 3. The van der Waals surface area contributed by atoms with Gasteiger partial charge < -0.3 is 16.4 Å². The number of carbonyl (C=O) groups excluding carboxylic acids is 1. The van der Waals surface area contributed by atoms with Crippen LogP contribution in [-0.2, 0) is 0 Å². The molecule has 4 N–H and O–H groups in total. The van der Waals surface area contributed by atoms with Gasteiger partial charge in [0.2, 0.25) is 5.95 Å². The van der Waals surface area contributed by atoms with Crippen molar-refractivity contribution in [2.75, 3.05) is 10.6 Å². The summed E-state index contributed by atoms with van der Waals surface area (Å²) < 4.78 is 0. The van der Waals surface area contributed by atoms with E-state index in [2.05, 4.69) is 30.8 Å². The summed E-state index contributed by atoms with van der Waals surface area (Å²) in [5, 5.41) is 14.5. The Labute approximate surface area is 143 Å². The van der Waals surface area contributed by atoms with E-state index in [1.165, 1.54) is 11.0 Å². The molecule has 126 valence electrons. The smallest absolute Gasteiger partial charge is 0.254 e. The molecule has 0 radical (unpaired) electrons. The zero-order valence-corrected chi connectivity index (χ0v) is 13.3. The molecule has 1 aromatic carbocycles. The molecule has 4 rings (SSSR count). The van der Waals surface area contributed by atoms with Gasteiger partial charge in [-0.2, -0.15) is 20.0 Å². The molecule has 25 heavy (non-hydrogen) atoms. The lowest BCUT2D eigenvalue weighted by molar-refractivity contribution is 0.100. The first kappa shape index (κ1) is 15.1. The zero-order valence-electron chi connectivity index (χ0n) is 13.3. The first-order valence-corrected chi connectivity index (χ1v) is 7.86. The summed E-state index contributed by atoms with van der Waals surface area (Å²) >= 11 is 0. The van der Waals surface area contributed by atoms with Crippen molar-refractivity contribution in [2.24, 2.45) is 5.73 Å². The van der Waals surface area contributed by atoms with E-state index in [1.807, 2.05) is 24.3 Å². The van der Waals surface area contributed by atoms with E-state index < -0.39 is 5.91 Å². The van der Waals surface area contributed by atoms with Gasteiger partial charge in [-0.25, -0.2) is 4.98 Å². The van der Waals surface area contributed by atoms with E-state index in [1.54, 1.807) is 12.4 Å². The molecule has 3 aromatic rings. The van der Waals surface area contributed by atoms with E-state index in [0.717, 1.165) is 24.2 Å². The van der Waals surface area contributed by atoms with Crippen molar-refractivity contribution in [3.63, 3.8) is 0 Å². The quantitative estimate of drug-likeness (QED) is 0.622. The van der Waals surface area contributed by atoms with Crippen molar-refractivity contribution in [2.45, 2.75) is 18.9 Å². The Morgan fingerprint density at radius 2 is 2.04 bits per heavy atom. The molecule has 2 heterocycles. The van der Waals surface area contributed by atoms with Gasteiger partial charge in [-0.3, -0.25) is 4.79 Å². The molecule has 0 aliphatic heterocycles. The van der Waals surface area contributed by atoms with Gasteiger partial charge in [-0.1, -0.05) is 6.07 Å². The summed E-state index contributed by atoms with van der Waals surface area (Å²) in [6, 6.07) is 7.87. The van der Waals surface area contributed by atoms with Gasteiger partial charge in [0.15, 0.2) is 0 Å². The van der Waals surface area contributed by atoms with Crippen LogP contribution in [0, 0.1) is 0 Å². The van der Waals surface area contributed by atoms with Gasteiger partial charge >= 0.3 is 0 Å². The minimum absolute atomic E-state index is 0.284. The lowest BCUT2D eigenvalue weighted by Crippen LogP contribution is -2.17. The molecule has 1 aliphatic carbocycles. The lowest BCUT2D eigenvalue weighted by Gasteiger charge is -2.11. The Bertz CT molecular complexity index is 904. The number of nitrogens with zero attached hydrogens (tertiary/aromatic N) is 5. The summed E-state index contributed by atoms with van der Waals surface area (Å²) in [6.45, 7) is 0. The summed E-state index contributed by atoms with van der Waals surface area (Å²) in [6.07, 6.45) is 6.78. The standard InChI is InChI=1S/C16H16N8O/c17-14(25)13-9-18-16(23-15(13)21-10-4-5-10)22-11-2-1-3-12(8-11)24-19-6-7-20-24/h1-3,6-10H,4-5H2,(H2,17,25)(H2,18,21,22,23). The van der Waals surface area contributed by atoms with Crippen LogP contribution in [0.2, 0.25) is 0 Å². The van der Waals surface area contributed by atoms with Crippen LogP contribution < -0.4 is 16.4 Å². The van der Waals surface area contributed by atoms with E-state index >= 15 is 0 Å². The number of nitrogens with two attached hydrogens (primary N) is 1. The Balaban J connectivity index is 1.60. The molecule has 9 nitrogen and oxygen atoms in total. The first-order valence-electron chi connectivity index (χ1n) is 7.86. The largest absolute Gasteiger partial charge is 0.367 e. The van der Waals surface area contributed by atoms with Gasteiger partial charge in [0, 0.05) is 17.9 Å². The zero-order chi connectivity index (χ0) is 17.2.